The fourth-order valence-corrected chi connectivity index (χ4v) is 2.54. The topological polar surface area (TPSA) is 65.0 Å². The summed E-state index contributed by atoms with van der Waals surface area (Å²) in [6.45, 7) is 3.96. The first-order chi connectivity index (χ1) is 12.7. The number of carbonyl (C=O) groups excluding carboxylic acids is 1. The fourth-order valence-electron chi connectivity index (χ4n) is 2.54. The molecule has 0 aromatic heterocycles. The number of carbonyl (C=O) groups is 1. The Labute approximate surface area is 152 Å². The van der Waals surface area contributed by atoms with Gasteiger partial charge in [-0.3, -0.25) is 0 Å². The Morgan fingerprint density at radius 3 is 2.08 bits per heavy atom. The third-order valence-electron chi connectivity index (χ3n) is 3.92. The van der Waals surface area contributed by atoms with E-state index in [-0.39, 0.29) is 24.7 Å². The molecule has 0 saturated carbocycles. The molecule has 0 radical (unpaired) electrons. The zero-order valence-corrected chi connectivity index (χ0v) is 14.2. The maximum absolute atomic E-state index is 12.2. The second-order valence-corrected chi connectivity index (χ2v) is 5.79. The lowest BCUT2D eigenvalue weighted by Crippen LogP contribution is -2.27. The first-order valence-electron chi connectivity index (χ1n) is 8.28. The lowest BCUT2D eigenvalue weighted by atomic mass is 10.1. The first-order valence-corrected chi connectivity index (χ1v) is 8.28. The van der Waals surface area contributed by atoms with Crippen LogP contribution in [0.3, 0.4) is 0 Å². The number of benzene rings is 2. The second-order valence-electron chi connectivity index (χ2n) is 5.79. The molecule has 0 amide bonds. The standard InChI is InChI=1S/C21H20O5/c1-2-17(22)18-19(24-13-15-9-5-3-6-10-15)20(21(23)26-18)25-14-16-11-7-4-8-12-16/h2-12,17-18,22H,1,13-14H2. The molecule has 2 atom stereocenters. The van der Waals surface area contributed by atoms with Gasteiger partial charge in [-0.15, -0.1) is 6.58 Å². The maximum atomic E-state index is 12.2. The highest BCUT2D eigenvalue weighted by molar-refractivity contribution is 5.89. The lowest BCUT2D eigenvalue weighted by Gasteiger charge is -2.17. The molecule has 1 aliphatic heterocycles. The molecule has 5 heteroatoms. The molecule has 0 aliphatic carbocycles. The van der Waals surface area contributed by atoms with Crippen LogP contribution in [0.15, 0.2) is 84.8 Å². The Balaban J connectivity index is 1.80. The fraction of sp³-hybridized carbons (Fsp3) is 0.190. The van der Waals surface area contributed by atoms with E-state index in [4.69, 9.17) is 14.2 Å². The van der Waals surface area contributed by atoms with Gasteiger partial charge in [-0.25, -0.2) is 4.79 Å². The van der Waals surface area contributed by atoms with Crippen molar-refractivity contribution >= 4 is 5.97 Å². The molecule has 2 unspecified atom stereocenters. The van der Waals surface area contributed by atoms with E-state index in [0.717, 1.165) is 11.1 Å². The summed E-state index contributed by atoms with van der Waals surface area (Å²) in [5, 5.41) is 10.1. The molecule has 3 rings (SSSR count). The van der Waals surface area contributed by atoms with Gasteiger partial charge >= 0.3 is 5.97 Å². The van der Waals surface area contributed by atoms with E-state index in [1.165, 1.54) is 6.08 Å². The van der Waals surface area contributed by atoms with Gasteiger partial charge in [0.15, 0.2) is 11.9 Å². The van der Waals surface area contributed by atoms with E-state index in [1.807, 2.05) is 60.7 Å². The number of esters is 1. The molecule has 2 aromatic rings. The molecule has 0 fully saturated rings. The van der Waals surface area contributed by atoms with E-state index >= 15 is 0 Å². The molecule has 0 bridgehead atoms. The summed E-state index contributed by atoms with van der Waals surface area (Å²) in [7, 11) is 0. The van der Waals surface area contributed by atoms with Gasteiger partial charge in [0.2, 0.25) is 5.76 Å². The summed E-state index contributed by atoms with van der Waals surface area (Å²) in [6.07, 6.45) is -0.749. The average molecular weight is 352 g/mol. The van der Waals surface area contributed by atoms with E-state index in [2.05, 4.69) is 6.58 Å². The lowest BCUT2D eigenvalue weighted by molar-refractivity contribution is -0.146. The highest BCUT2D eigenvalue weighted by Crippen LogP contribution is 2.29. The molecule has 0 saturated heterocycles. The van der Waals surface area contributed by atoms with Crippen molar-refractivity contribution in [3.05, 3.63) is 96.0 Å². The van der Waals surface area contributed by atoms with Crippen LogP contribution in [0, 0.1) is 0 Å². The van der Waals surface area contributed by atoms with Crippen molar-refractivity contribution in [2.75, 3.05) is 0 Å². The van der Waals surface area contributed by atoms with Gasteiger partial charge in [0, 0.05) is 0 Å². The number of hydrogen-bond acceptors (Lipinski definition) is 5. The molecular formula is C21H20O5. The van der Waals surface area contributed by atoms with Crippen molar-refractivity contribution in [2.45, 2.75) is 25.4 Å². The van der Waals surface area contributed by atoms with Gasteiger partial charge in [0.25, 0.3) is 0 Å². The Morgan fingerprint density at radius 2 is 1.54 bits per heavy atom. The van der Waals surface area contributed by atoms with Crippen molar-refractivity contribution in [1.29, 1.82) is 0 Å². The van der Waals surface area contributed by atoms with Crippen LogP contribution in [0.25, 0.3) is 0 Å². The quantitative estimate of drug-likeness (QED) is 0.584. The van der Waals surface area contributed by atoms with Crippen molar-refractivity contribution in [3.63, 3.8) is 0 Å². The molecule has 1 N–H and O–H groups in total. The summed E-state index contributed by atoms with van der Waals surface area (Å²) in [5.41, 5.74) is 1.83. The molecule has 0 spiro atoms. The van der Waals surface area contributed by atoms with Gasteiger partial charge < -0.3 is 19.3 Å². The molecule has 134 valence electrons. The minimum absolute atomic E-state index is 0.0179. The summed E-state index contributed by atoms with van der Waals surface area (Å²) >= 11 is 0. The van der Waals surface area contributed by atoms with Gasteiger partial charge in [0.05, 0.1) is 0 Å². The van der Waals surface area contributed by atoms with Gasteiger partial charge in [-0.1, -0.05) is 66.7 Å². The third-order valence-corrected chi connectivity index (χ3v) is 3.92. The number of hydrogen-bond donors (Lipinski definition) is 1. The Morgan fingerprint density at radius 1 is 1.00 bits per heavy atom. The zero-order valence-electron chi connectivity index (χ0n) is 14.2. The predicted molar refractivity (Wildman–Crippen MR) is 95.6 cm³/mol. The normalized spacial score (nSPS) is 17.6. The zero-order chi connectivity index (χ0) is 18.4. The number of rotatable bonds is 8. The van der Waals surface area contributed by atoms with Crippen molar-refractivity contribution in [3.8, 4) is 0 Å². The third kappa shape index (κ3) is 4.13. The van der Waals surface area contributed by atoms with Gasteiger partial charge in [-0.2, -0.15) is 0 Å². The average Bonchev–Trinajstić information content (AvgIpc) is 3.01. The molecule has 26 heavy (non-hydrogen) atoms. The number of aliphatic hydroxyl groups excluding tert-OH is 1. The minimum atomic E-state index is -1.08. The molecule has 1 aliphatic rings. The van der Waals surface area contributed by atoms with E-state index < -0.39 is 18.2 Å². The van der Waals surface area contributed by atoms with Crippen molar-refractivity contribution < 1.29 is 24.1 Å². The summed E-state index contributed by atoms with van der Waals surface area (Å²) < 4.78 is 16.7. The summed E-state index contributed by atoms with van der Waals surface area (Å²) in [4.78, 5) is 12.2. The van der Waals surface area contributed by atoms with Crippen LogP contribution in [0.4, 0.5) is 0 Å². The van der Waals surface area contributed by atoms with Gasteiger partial charge in [0.1, 0.15) is 19.3 Å². The molecule has 5 nitrogen and oxygen atoms in total. The van der Waals surface area contributed by atoms with Gasteiger partial charge in [-0.05, 0) is 11.1 Å². The Kier molecular flexibility index (Phi) is 5.71. The predicted octanol–water partition coefficient (Wildman–Crippen LogP) is 3.10. The van der Waals surface area contributed by atoms with Crippen LogP contribution < -0.4 is 0 Å². The monoisotopic (exact) mass is 352 g/mol. The molecular weight excluding hydrogens is 332 g/mol. The summed E-state index contributed by atoms with van der Waals surface area (Å²) in [6, 6.07) is 19.0. The Hall–Kier alpha value is -3.05. The number of cyclic esters (lactones) is 1. The minimum Gasteiger partial charge on any atom is -0.485 e. The van der Waals surface area contributed by atoms with Crippen LogP contribution in [0.1, 0.15) is 11.1 Å². The maximum Gasteiger partial charge on any atom is 0.378 e. The largest absolute Gasteiger partial charge is 0.485 e. The van der Waals surface area contributed by atoms with E-state index in [9.17, 15) is 9.90 Å². The second kappa shape index (κ2) is 8.36. The SMILES string of the molecule is C=CC(O)C1OC(=O)C(OCc2ccccc2)=C1OCc1ccccc1. The van der Waals surface area contributed by atoms with Crippen LogP contribution in [-0.2, 0) is 32.2 Å². The van der Waals surface area contributed by atoms with Crippen LogP contribution in [0.2, 0.25) is 0 Å². The first kappa shape index (κ1) is 17.8. The highest BCUT2D eigenvalue weighted by Gasteiger charge is 2.41. The number of ether oxygens (including phenoxy) is 3. The highest BCUT2D eigenvalue weighted by atomic mass is 16.6. The van der Waals surface area contributed by atoms with E-state index in [0.29, 0.717) is 0 Å². The Bertz CT molecular complexity index is 783. The van der Waals surface area contributed by atoms with Crippen LogP contribution in [-0.4, -0.2) is 23.3 Å². The van der Waals surface area contributed by atoms with Crippen molar-refractivity contribution in [1.82, 2.24) is 0 Å². The van der Waals surface area contributed by atoms with Crippen molar-refractivity contribution in [2.24, 2.45) is 0 Å². The molecule has 2 aromatic carbocycles. The number of aliphatic hydroxyl groups is 1. The molecule has 1 heterocycles. The smallest absolute Gasteiger partial charge is 0.378 e. The van der Waals surface area contributed by atoms with E-state index in [1.54, 1.807) is 0 Å². The van der Waals surface area contributed by atoms with Crippen LogP contribution in [0.5, 0.6) is 0 Å². The van der Waals surface area contributed by atoms with Crippen LogP contribution >= 0.6 is 0 Å². The summed E-state index contributed by atoms with van der Waals surface area (Å²) in [5.74, 6) is -0.493.